The number of rotatable bonds is 2. The summed E-state index contributed by atoms with van der Waals surface area (Å²) in [6.07, 6.45) is 2.28. The predicted octanol–water partition coefficient (Wildman–Crippen LogP) is 2.34. The molecule has 0 amide bonds. The van der Waals surface area contributed by atoms with Crippen molar-refractivity contribution >= 4 is 10.9 Å². The van der Waals surface area contributed by atoms with E-state index in [1.54, 1.807) is 6.20 Å². The maximum Gasteiger partial charge on any atom is 0.150 e. The zero-order chi connectivity index (χ0) is 11.0. The van der Waals surface area contributed by atoms with Crippen LogP contribution in [0, 0.1) is 11.6 Å². The smallest absolute Gasteiger partial charge is 0.150 e. The van der Waals surface area contributed by atoms with E-state index in [0.29, 0.717) is 17.3 Å². The van der Waals surface area contributed by atoms with Gasteiger partial charge in [-0.15, -0.1) is 0 Å². The van der Waals surface area contributed by atoms with Crippen molar-refractivity contribution in [3.63, 3.8) is 0 Å². The molecular formula is C11H12F2N2. The van der Waals surface area contributed by atoms with Gasteiger partial charge in [0.25, 0.3) is 0 Å². The summed E-state index contributed by atoms with van der Waals surface area (Å²) in [5.41, 5.74) is 6.83. The van der Waals surface area contributed by atoms with Crippen molar-refractivity contribution in [2.75, 3.05) is 0 Å². The Kier molecular flexibility index (Phi) is 2.44. The van der Waals surface area contributed by atoms with Crippen molar-refractivity contribution in [3.8, 4) is 0 Å². The van der Waals surface area contributed by atoms with Gasteiger partial charge in [-0.2, -0.15) is 0 Å². The van der Waals surface area contributed by atoms with E-state index in [-0.39, 0.29) is 6.04 Å². The molecule has 1 aromatic carbocycles. The van der Waals surface area contributed by atoms with Gasteiger partial charge < -0.3 is 10.7 Å². The number of hydrogen-bond donors (Lipinski definition) is 2. The van der Waals surface area contributed by atoms with E-state index in [1.165, 1.54) is 6.07 Å². The molecule has 0 spiro atoms. The van der Waals surface area contributed by atoms with Gasteiger partial charge in [0.05, 0.1) is 5.52 Å². The van der Waals surface area contributed by atoms with Crippen LogP contribution in [0.3, 0.4) is 0 Å². The molecule has 1 heterocycles. The van der Waals surface area contributed by atoms with Crippen molar-refractivity contribution < 1.29 is 8.78 Å². The van der Waals surface area contributed by atoms with Gasteiger partial charge in [0.2, 0.25) is 0 Å². The van der Waals surface area contributed by atoms with E-state index >= 15 is 0 Å². The lowest BCUT2D eigenvalue weighted by atomic mass is 10.1. The minimum atomic E-state index is -0.569. The standard InChI is InChI=1S/C11H12F2N2/c1-6(14)2-7-5-15-11-9(7)3-8(12)4-10(11)13/h3-6,15H,2,14H2,1H3. The van der Waals surface area contributed by atoms with E-state index in [9.17, 15) is 8.78 Å². The van der Waals surface area contributed by atoms with Crippen LogP contribution in [0.4, 0.5) is 8.78 Å². The minimum Gasteiger partial charge on any atom is -0.359 e. The molecule has 2 aromatic rings. The summed E-state index contributed by atoms with van der Waals surface area (Å²) in [5, 5.41) is 0.574. The molecule has 1 aromatic heterocycles. The van der Waals surface area contributed by atoms with Crippen molar-refractivity contribution in [1.29, 1.82) is 0 Å². The molecule has 0 aliphatic carbocycles. The SMILES string of the molecule is CC(N)Cc1c[nH]c2c(F)cc(F)cc12. The van der Waals surface area contributed by atoms with Gasteiger partial charge in [-0.05, 0) is 25.0 Å². The largest absolute Gasteiger partial charge is 0.359 e. The highest BCUT2D eigenvalue weighted by molar-refractivity contribution is 5.83. The molecule has 15 heavy (non-hydrogen) atoms. The lowest BCUT2D eigenvalue weighted by molar-refractivity contribution is 0.591. The summed E-state index contributed by atoms with van der Waals surface area (Å²) in [7, 11) is 0. The van der Waals surface area contributed by atoms with Gasteiger partial charge in [-0.3, -0.25) is 0 Å². The molecule has 80 valence electrons. The summed E-state index contributed by atoms with van der Waals surface area (Å²) in [4.78, 5) is 2.79. The summed E-state index contributed by atoms with van der Waals surface area (Å²) in [6.45, 7) is 1.86. The molecule has 0 radical (unpaired) electrons. The van der Waals surface area contributed by atoms with E-state index in [4.69, 9.17) is 5.73 Å². The highest BCUT2D eigenvalue weighted by Gasteiger charge is 2.10. The van der Waals surface area contributed by atoms with E-state index in [2.05, 4.69) is 4.98 Å². The highest BCUT2D eigenvalue weighted by atomic mass is 19.1. The zero-order valence-electron chi connectivity index (χ0n) is 8.35. The Hall–Kier alpha value is -1.42. The number of fused-ring (bicyclic) bond motifs is 1. The number of hydrogen-bond acceptors (Lipinski definition) is 1. The molecule has 0 aliphatic rings. The molecule has 2 rings (SSSR count). The fraction of sp³-hybridized carbons (Fsp3) is 0.273. The van der Waals surface area contributed by atoms with Gasteiger partial charge in [-0.25, -0.2) is 8.78 Å². The highest BCUT2D eigenvalue weighted by Crippen LogP contribution is 2.23. The first-order valence-corrected chi connectivity index (χ1v) is 4.78. The van der Waals surface area contributed by atoms with Crippen LogP contribution in [-0.4, -0.2) is 11.0 Å². The Morgan fingerprint density at radius 1 is 1.40 bits per heavy atom. The van der Waals surface area contributed by atoms with Crippen LogP contribution in [0.15, 0.2) is 18.3 Å². The maximum absolute atomic E-state index is 13.3. The van der Waals surface area contributed by atoms with Crippen LogP contribution in [-0.2, 0) is 6.42 Å². The normalized spacial score (nSPS) is 13.3. The zero-order valence-corrected chi connectivity index (χ0v) is 8.35. The Balaban J connectivity index is 2.58. The van der Waals surface area contributed by atoms with E-state index in [0.717, 1.165) is 11.6 Å². The Morgan fingerprint density at radius 3 is 2.80 bits per heavy atom. The second-order valence-electron chi connectivity index (χ2n) is 3.81. The first kappa shape index (κ1) is 10.1. The second kappa shape index (κ2) is 3.62. The predicted molar refractivity (Wildman–Crippen MR) is 55.6 cm³/mol. The van der Waals surface area contributed by atoms with Gasteiger partial charge in [0.1, 0.15) is 11.6 Å². The number of halogens is 2. The molecular weight excluding hydrogens is 198 g/mol. The topological polar surface area (TPSA) is 41.8 Å². The molecule has 0 saturated carbocycles. The van der Waals surface area contributed by atoms with Crippen LogP contribution >= 0.6 is 0 Å². The van der Waals surface area contributed by atoms with Crippen molar-refractivity contribution in [2.24, 2.45) is 5.73 Å². The van der Waals surface area contributed by atoms with E-state index < -0.39 is 11.6 Å². The van der Waals surface area contributed by atoms with Crippen LogP contribution < -0.4 is 5.73 Å². The molecule has 0 fully saturated rings. The third kappa shape index (κ3) is 1.85. The fourth-order valence-corrected chi connectivity index (χ4v) is 1.73. The molecule has 1 unspecified atom stereocenters. The quantitative estimate of drug-likeness (QED) is 0.784. The number of aromatic nitrogens is 1. The Bertz CT molecular complexity index is 489. The van der Waals surface area contributed by atoms with Crippen molar-refractivity contribution in [3.05, 3.63) is 35.5 Å². The van der Waals surface area contributed by atoms with Crippen LogP contribution in [0.1, 0.15) is 12.5 Å². The summed E-state index contributed by atoms with van der Waals surface area (Å²) in [6, 6.07) is 2.16. The average molecular weight is 210 g/mol. The van der Waals surface area contributed by atoms with Crippen LogP contribution in [0.25, 0.3) is 10.9 Å². The monoisotopic (exact) mass is 210 g/mol. The Morgan fingerprint density at radius 2 is 2.13 bits per heavy atom. The van der Waals surface area contributed by atoms with Gasteiger partial charge in [0, 0.05) is 23.7 Å². The number of benzene rings is 1. The van der Waals surface area contributed by atoms with Gasteiger partial charge in [-0.1, -0.05) is 0 Å². The molecule has 2 nitrogen and oxygen atoms in total. The average Bonchev–Trinajstić information content (AvgIpc) is 2.48. The second-order valence-corrected chi connectivity index (χ2v) is 3.81. The summed E-state index contributed by atoms with van der Waals surface area (Å²) < 4.78 is 26.3. The molecule has 0 bridgehead atoms. The minimum absolute atomic E-state index is 0.0321. The molecule has 0 aliphatic heterocycles. The van der Waals surface area contributed by atoms with Crippen LogP contribution in [0.2, 0.25) is 0 Å². The maximum atomic E-state index is 13.3. The molecule has 0 saturated heterocycles. The van der Waals surface area contributed by atoms with Crippen molar-refractivity contribution in [1.82, 2.24) is 4.98 Å². The third-order valence-electron chi connectivity index (χ3n) is 2.33. The third-order valence-corrected chi connectivity index (χ3v) is 2.33. The first-order chi connectivity index (χ1) is 7.08. The first-order valence-electron chi connectivity index (χ1n) is 4.78. The lowest BCUT2D eigenvalue weighted by Gasteiger charge is -2.03. The molecule has 3 N–H and O–H groups in total. The van der Waals surface area contributed by atoms with Gasteiger partial charge >= 0.3 is 0 Å². The number of nitrogens with two attached hydrogens (primary N) is 1. The molecule has 1 atom stereocenters. The lowest BCUT2D eigenvalue weighted by Crippen LogP contribution is -2.17. The number of H-pyrrole nitrogens is 1. The fourth-order valence-electron chi connectivity index (χ4n) is 1.73. The summed E-state index contributed by atoms with van der Waals surface area (Å²) in [5.74, 6) is -1.13. The van der Waals surface area contributed by atoms with Crippen LogP contribution in [0.5, 0.6) is 0 Å². The van der Waals surface area contributed by atoms with Gasteiger partial charge in [0.15, 0.2) is 0 Å². The van der Waals surface area contributed by atoms with E-state index in [1.807, 2.05) is 6.92 Å². The van der Waals surface area contributed by atoms with Crippen molar-refractivity contribution in [2.45, 2.75) is 19.4 Å². The number of aromatic amines is 1. The Labute approximate surface area is 86.1 Å². The molecule has 4 heteroatoms. The summed E-state index contributed by atoms with van der Waals surface area (Å²) >= 11 is 0. The number of nitrogens with one attached hydrogen (secondary N) is 1.